The van der Waals surface area contributed by atoms with Crippen LogP contribution in [0, 0.1) is 18.7 Å². The van der Waals surface area contributed by atoms with Gasteiger partial charge in [0.25, 0.3) is 0 Å². The van der Waals surface area contributed by atoms with E-state index in [1.807, 2.05) is 30.3 Å². The molecule has 0 radical (unpaired) electrons. The molecule has 1 heterocycles. The van der Waals surface area contributed by atoms with Gasteiger partial charge in [-0.3, -0.25) is 4.79 Å². The Kier molecular flexibility index (Phi) is 7.94. The molecule has 1 unspecified atom stereocenters. The van der Waals surface area contributed by atoms with E-state index < -0.39 is 28.2 Å². The first-order valence-electron chi connectivity index (χ1n) is 10.4. The lowest BCUT2D eigenvalue weighted by Gasteiger charge is -2.15. The molecule has 2 aromatic carbocycles. The van der Waals surface area contributed by atoms with Gasteiger partial charge < -0.3 is 9.64 Å². The lowest BCUT2D eigenvalue weighted by molar-refractivity contribution is 0.0993. The Morgan fingerprint density at radius 2 is 1.97 bits per heavy atom. The van der Waals surface area contributed by atoms with Crippen LogP contribution in [0.1, 0.15) is 22.3 Å². The van der Waals surface area contributed by atoms with Crippen LogP contribution in [0.15, 0.2) is 42.5 Å². The number of methoxy groups -OCH3 is 1. The third-order valence-electron chi connectivity index (χ3n) is 5.55. The second-order valence-electron chi connectivity index (χ2n) is 7.99. The van der Waals surface area contributed by atoms with Gasteiger partial charge in [-0.05, 0) is 54.6 Å². The summed E-state index contributed by atoms with van der Waals surface area (Å²) in [6, 6.07) is 12.5. The van der Waals surface area contributed by atoms with Crippen molar-refractivity contribution in [3.63, 3.8) is 0 Å². The zero-order chi connectivity index (χ0) is 22.4. The van der Waals surface area contributed by atoms with Gasteiger partial charge in [0, 0.05) is 20.2 Å². The first-order valence-corrected chi connectivity index (χ1v) is 12.0. The van der Waals surface area contributed by atoms with E-state index in [1.54, 1.807) is 20.1 Å². The summed E-state index contributed by atoms with van der Waals surface area (Å²) in [6.45, 7) is 4.04. The summed E-state index contributed by atoms with van der Waals surface area (Å²) >= 11 is 0. The molecule has 1 atom stereocenters. The van der Waals surface area contributed by atoms with Crippen molar-refractivity contribution in [2.75, 3.05) is 45.6 Å². The molecule has 3 rings (SSSR count). The molecular formula is C23H29FN2O4S. The van der Waals surface area contributed by atoms with Crippen molar-refractivity contribution in [2.45, 2.75) is 13.3 Å². The second-order valence-corrected chi connectivity index (χ2v) is 9.85. The molecule has 8 heteroatoms. The molecule has 0 bridgehead atoms. The monoisotopic (exact) mass is 448 g/mol. The van der Waals surface area contributed by atoms with Gasteiger partial charge in [-0.2, -0.15) is 0 Å². The molecule has 1 aliphatic rings. The molecule has 0 amide bonds. The Labute approximate surface area is 183 Å². The average Bonchev–Trinajstić information content (AvgIpc) is 3.19. The number of carbonyl (C=O) groups is 1. The summed E-state index contributed by atoms with van der Waals surface area (Å²) in [5.74, 6) is -1.25. The number of Topliss-reactive ketones (excluding diaryl/α,β-unsaturated/α-hetero) is 1. The number of likely N-dealkylation sites (tertiary alicyclic amines) is 1. The zero-order valence-corrected chi connectivity index (χ0v) is 18.8. The van der Waals surface area contributed by atoms with Gasteiger partial charge in [-0.25, -0.2) is 17.5 Å². The van der Waals surface area contributed by atoms with Gasteiger partial charge in [0.2, 0.25) is 10.0 Å². The van der Waals surface area contributed by atoms with Crippen LogP contribution < -0.4 is 4.72 Å². The number of rotatable bonds is 10. The highest BCUT2D eigenvalue weighted by Gasteiger charge is 2.27. The number of nitrogens with one attached hydrogen (secondary N) is 1. The lowest BCUT2D eigenvalue weighted by atomic mass is 9.98. The SMILES string of the molecule is COCCN1CCC(CS(=O)(=O)NCC(=O)c2cc(-c3ccccc3)cc(C)c2F)C1. The summed E-state index contributed by atoms with van der Waals surface area (Å²) in [7, 11) is -2.01. The van der Waals surface area contributed by atoms with Crippen LogP contribution in [0.2, 0.25) is 0 Å². The van der Waals surface area contributed by atoms with Crippen LogP contribution in [0.5, 0.6) is 0 Å². The van der Waals surface area contributed by atoms with Crippen molar-refractivity contribution in [1.29, 1.82) is 0 Å². The topological polar surface area (TPSA) is 75.7 Å². The van der Waals surface area contributed by atoms with Crippen molar-refractivity contribution in [3.05, 3.63) is 59.4 Å². The molecule has 168 valence electrons. The van der Waals surface area contributed by atoms with E-state index in [9.17, 15) is 17.6 Å². The Morgan fingerprint density at radius 1 is 1.23 bits per heavy atom. The van der Waals surface area contributed by atoms with E-state index in [4.69, 9.17) is 4.74 Å². The summed E-state index contributed by atoms with van der Waals surface area (Å²) in [4.78, 5) is 14.8. The average molecular weight is 449 g/mol. The van der Waals surface area contributed by atoms with E-state index >= 15 is 0 Å². The number of ether oxygens (including phenoxy) is 1. The predicted molar refractivity (Wildman–Crippen MR) is 119 cm³/mol. The molecule has 1 N–H and O–H groups in total. The quantitative estimate of drug-likeness (QED) is 0.566. The van der Waals surface area contributed by atoms with E-state index in [0.717, 1.165) is 25.1 Å². The standard InChI is InChI=1S/C23H29FN2O4S/c1-17-12-20(19-6-4-3-5-7-19)13-21(23(17)24)22(27)14-25-31(28,29)16-18-8-9-26(15-18)10-11-30-2/h3-7,12-13,18,25H,8-11,14-16H2,1-2H3. The van der Waals surface area contributed by atoms with Crippen LogP contribution in [0.25, 0.3) is 11.1 Å². The number of halogens is 1. The Bertz CT molecular complexity index is 1010. The number of ketones is 1. The van der Waals surface area contributed by atoms with Crippen molar-refractivity contribution >= 4 is 15.8 Å². The summed E-state index contributed by atoms with van der Waals surface area (Å²) in [6.07, 6.45) is 0.783. The number of hydrogen-bond donors (Lipinski definition) is 1. The van der Waals surface area contributed by atoms with Crippen LogP contribution in [0.3, 0.4) is 0 Å². The fourth-order valence-corrected chi connectivity index (χ4v) is 5.24. The van der Waals surface area contributed by atoms with E-state index in [1.165, 1.54) is 6.07 Å². The molecule has 6 nitrogen and oxygen atoms in total. The summed E-state index contributed by atoms with van der Waals surface area (Å²) < 4.78 is 47.0. The Hall–Kier alpha value is -2.13. The third-order valence-corrected chi connectivity index (χ3v) is 7.05. The number of hydrogen-bond acceptors (Lipinski definition) is 5. The summed E-state index contributed by atoms with van der Waals surface area (Å²) in [5, 5.41) is 0. The fraction of sp³-hybridized carbons (Fsp3) is 0.435. The van der Waals surface area contributed by atoms with Gasteiger partial charge in [0.15, 0.2) is 5.78 Å². The number of nitrogens with zero attached hydrogens (tertiary/aromatic N) is 1. The molecule has 0 aliphatic carbocycles. The zero-order valence-electron chi connectivity index (χ0n) is 17.9. The number of benzene rings is 2. The maximum absolute atomic E-state index is 14.6. The first kappa shape index (κ1) is 23.5. The van der Waals surface area contributed by atoms with E-state index in [-0.39, 0.29) is 17.2 Å². The van der Waals surface area contributed by atoms with Crippen molar-refractivity contribution < 1.29 is 22.3 Å². The smallest absolute Gasteiger partial charge is 0.212 e. The molecular weight excluding hydrogens is 419 g/mol. The van der Waals surface area contributed by atoms with E-state index in [2.05, 4.69) is 9.62 Å². The number of sulfonamides is 1. The fourth-order valence-electron chi connectivity index (χ4n) is 3.88. The molecule has 31 heavy (non-hydrogen) atoms. The second kappa shape index (κ2) is 10.5. The van der Waals surface area contributed by atoms with Crippen molar-refractivity contribution in [1.82, 2.24) is 9.62 Å². The Balaban J connectivity index is 1.63. The maximum Gasteiger partial charge on any atom is 0.212 e. The van der Waals surface area contributed by atoms with Gasteiger partial charge in [-0.15, -0.1) is 0 Å². The van der Waals surface area contributed by atoms with Crippen LogP contribution in [0.4, 0.5) is 4.39 Å². The largest absolute Gasteiger partial charge is 0.383 e. The molecule has 0 spiro atoms. The third kappa shape index (κ3) is 6.43. The highest BCUT2D eigenvalue weighted by Crippen LogP contribution is 2.25. The lowest BCUT2D eigenvalue weighted by Crippen LogP contribution is -2.35. The molecule has 1 saturated heterocycles. The number of aryl methyl sites for hydroxylation is 1. The van der Waals surface area contributed by atoms with Gasteiger partial charge >= 0.3 is 0 Å². The summed E-state index contributed by atoms with van der Waals surface area (Å²) in [5.41, 5.74) is 1.81. The minimum absolute atomic E-state index is 0.00449. The predicted octanol–water partition coefficient (Wildman–Crippen LogP) is 2.87. The molecule has 0 saturated carbocycles. The molecule has 1 aliphatic heterocycles. The van der Waals surface area contributed by atoms with Gasteiger partial charge in [0.1, 0.15) is 5.82 Å². The highest BCUT2D eigenvalue weighted by molar-refractivity contribution is 7.89. The highest BCUT2D eigenvalue weighted by atomic mass is 32.2. The van der Waals surface area contributed by atoms with Crippen molar-refractivity contribution in [2.24, 2.45) is 5.92 Å². The minimum atomic E-state index is -3.65. The van der Waals surface area contributed by atoms with Gasteiger partial charge in [-0.1, -0.05) is 30.3 Å². The molecule has 2 aromatic rings. The molecule has 0 aromatic heterocycles. The van der Waals surface area contributed by atoms with E-state index in [0.29, 0.717) is 24.3 Å². The number of carbonyl (C=O) groups excluding carboxylic acids is 1. The minimum Gasteiger partial charge on any atom is -0.383 e. The molecule has 1 fully saturated rings. The normalized spacial score (nSPS) is 17.2. The van der Waals surface area contributed by atoms with Gasteiger partial charge in [0.05, 0.1) is 24.5 Å². The Morgan fingerprint density at radius 3 is 2.68 bits per heavy atom. The maximum atomic E-state index is 14.6. The van der Waals surface area contributed by atoms with Crippen LogP contribution in [-0.2, 0) is 14.8 Å². The van der Waals surface area contributed by atoms with Crippen molar-refractivity contribution in [3.8, 4) is 11.1 Å². The first-order chi connectivity index (χ1) is 14.8. The van der Waals surface area contributed by atoms with Crippen LogP contribution in [-0.4, -0.2) is 64.7 Å². The van der Waals surface area contributed by atoms with Crippen LogP contribution >= 0.6 is 0 Å².